The molecule has 1 aliphatic carbocycles. The Morgan fingerprint density at radius 1 is 1.55 bits per heavy atom. The summed E-state index contributed by atoms with van der Waals surface area (Å²) in [6.07, 6.45) is 8.20. The molecule has 0 saturated heterocycles. The topological polar surface area (TPSA) is 80.0 Å². The molecule has 2 rings (SSSR count). The lowest BCUT2D eigenvalue weighted by Crippen LogP contribution is -2.39. The Labute approximate surface area is 131 Å². The van der Waals surface area contributed by atoms with Crippen molar-refractivity contribution in [1.82, 2.24) is 10.3 Å². The molecule has 110 valence electrons. The van der Waals surface area contributed by atoms with Crippen LogP contribution in [0.4, 0.5) is 5.82 Å². The Balaban J connectivity index is 2.06. The van der Waals surface area contributed by atoms with E-state index in [0.717, 1.165) is 23.7 Å². The summed E-state index contributed by atoms with van der Waals surface area (Å²) >= 11 is 5.20. The fourth-order valence-electron chi connectivity index (χ4n) is 2.48. The second-order valence-corrected chi connectivity index (χ2v) is 6.94. The Morgan fingerprint density at radius 3 is 3.05 bits per heavy atom. The van der Waals surface area contributed by atoms with E-state index < -0.39 is 0 Å². The Morgan fingerprint density at radius 2 is 2.35 bits per heavy atom. The molecule has 0 aliphatic heterocycles. The summed E-state index contributed by atoms with van der Waals surface area (Å²) in [5.41, 5.74) is 2.93. The van der Waals surface area contributed by atoms with Crippen molar-refractivity contribution in [1.29, 1.82) is 0 Å². The number of amides is 1. The molecule has 1 aromatic rings. The summed E-state index contributed by atoms with van der Waals surface area (Å²) in [6.45, 7) is 0. The summed E-state index contributed by atoms with van der Waals surface area (Å²) in [4.78, 5) is 16.5. The Hall–Kier alpha value is -0.790. The SMILES string of the molecule is CSC1CCCC(NC(=O)c2cc(Br)cnc2NN)C1. The third-order valence-corrected chi connectivity index (χ3v) is 5.06. The average Bonchev–Trinajstić information content (AvgIpc) is 2.47. The van der Waals surface area contributed by atoms with E-state index >= 15 is 0 Å². The van der Waals surface area contributed by atoms with Crippen molar-refractivity contribution in [2.45, 2.75) is 37.0 Å². The number of hydrazine groups is 1. The second-order valence-electron chi connectivity index (χ2n) is 4.89. The van der Waals surface area contributed by atoms with Gasteiger partial charge in [0.2, 0.25) is 0 Å². The zero-order valence-electron chi connectivity index (χ0n) is 11.4. The second kappa shape index (κ2) is 7.28. The van der Waals surface area contributed by atoms with Crippen molar-refractivity contribution in [3.05, 3.63) is 22.3 Å². The maximum Gasteiger partial charge on any atom is 0.255 e. The van der Waals surface area contributed by atoms with E-state index in [1.165, 1.54) is 6.42 Å². The van der Waals surface area contributed by atoms with Gasteiger partial charge in [-0.25, -0.2) is 10.8 Å². The van der Waals surface area contributed by atoms with Gasteiger partial charge in [-0.1, -0.05) is 6.42 Å². The fourth-order valence-corrected chi connectivity index (χ4v) is 3.64. The minimum absolute atomic E-state index is 0.126. The summed E-state index contributed by atoms with van der Waals surface area (Å²) < 4.78 is 0.757. The first-order chi connectivity index (χ1) is 9.63. The van der Waals surface area contributed by atoms with Gasteiger partial charge in [-0.15, -0.1) is 0 Å². The van der Waals surface area contributed by atoms with Crippen LogP contribution in [0.3, 0.4) is 0 Å². The largest absolute Gasteiger partial charge is 0.349 e. The van der Waals surface area contributed by atoms with Gasteiger partial charge in [0.25, 0.3) is 5.91 Å². The van der Waals surface area contributed by atoms with Crippen LogP contribution in [0.25, 0.3) is 0 Å². The van der Waals surface area contributed by atoms with Crippen LogP contribution in [0.15, 0.2) is 16.7 Å². The van der Waals surface area contributed by atoms with Gasteiger partial charge in [0.05, 0.1) is 5.56 Å². The Bertz CT molecular complexity index is 485. The predicted octanol–water partition coefficient (Wildman–Crippen LogP) is 2.53. The molecular formula is C13H19BrN4OS. The van der Waals surface area contributed by atoms with Crippen molar-refractivity contribution < 1.29 is 4.79 Å². The van der Waals surface area contributed by atoms with Crippen molar-refractivity contribution in [3.63, 3.8) is 0 Å². The number of halogens is 1. The molecule has 0 aromatic carbocycles. The van der Waals surface area contributed by atoms with Crippen LogP contribution in [0.5, 0.6) is 0 Å². The van der Waals surface area contributed by atoms with Crippen molar-refractivity contribution in [2.24, 2.45) is 5.84 Å². The van der Waals surface area contributed by atoms with Gasteiger partial charge >= 0.3 is 0 Å². The van der Waals surface area contributed by atoms with Gasteiger partial charge in [0.1, 0.15) is 0 Å². The number of thioether (sulfide) groups is 1. The van der Waals surface area contributed by atoms with E-state index in [0.29, 0.717) is 16.6 Å². The molecule has 1 fully saturated rings. The normalized spacial score (nSPS) is 22.4. The maximum atomic E-state index is 12.4. The minimum Gasteiger partial charge on any atom is -0.349 e. The summed E-state index contributed by atoms with van der Waals surface area (Å²) in [5.74, 6) is 5.67. The molecular weight excluding hydrogens is 340 g/mol. The molecule has 4 N–H and O–H groups in total. The molecule has 2 unspecified atom stereocenters. The zero-order valence-corrected chi connectivity index (χ0v) is 13.8. The highest BCUT2D eigenvalue weighted by Crippen LogP contribution is 2.27. The number of rotatable bonds is 4. The standard InChI is InChI=1S/C13H19BrN4OS/c1-20-10-4-2-3-9(6-10)17-13(19)11-5-8(14)7-16-12(11)18-15/h5,7,9-10H,2-4,6,15H2,1H3,(H,16,18)(H,17,19). The van der Waals surface area contributed by atoms with Gasteiger partial charge in [-0.2, -0.15) is 11.8 Å². The summed E-state index contributed by atoms with van der Waals surface area (Å²) in [5, 5.41) is 3.73. The number of anilines is 1. The monoisotopic (exact) mass is 358 g/mol. The van der Waals surface area contributed by atoms with Gasteiger partial charge in [-0.3, -0.25) is 4.79 Å². The van der Waals surface area contributed by atoms with Crippen LogP contribution < -0.4 is 16.6 Å². The first-order valence-electron chi connectivity index (χ1n) is 6.60. The molecule has 0 radical (unpaired) electrons. The molecule has 1 heterocycles. The predicted molar refractivity (Wildman–Crippen MR) is 86.8 cm³/mol. The quantitative estimate of drug-likeness (QED) is 0.569. The van der Waals surface area contributed by atoms with Crippen LogP contribution in [-0.4, -0.2) is 28.4 Å². The van der Waals surface area contributed by atoms with Crippen LogP contribution in [0, 0.1) is 0 Å². The lowest BCUT2D eigenvalue weighted by atomic mass is 9.94. The lowest BCUT2D eigenvalue weighted by Gasteiger charge is -2.28. The lowest BCUT2D eigenvalue weighted by molar-refractivity contribution is 0.0929. The smallest absolute Gasteiger partial charge is 0.255 e. The molecule has 7 heteroatoms. The van der Waals surface area contributed by atoms with Gasteiger partial charge < -0.3 is 10.7 Å². The van der Waals surface area contributed by atoms with Crippen LogP contribution in [0.1, 0.15) is 36.0 Å². The number of hydrogen-bond acceptors (Lipinski definition) is 5. The molecule has 1 saturated carbocycles. The number of nitrogens with one attached hydrogen (secondary N) is 2. The van der Waals surface area contributed by atoms with Gasteiger partial charge in [0.15, 0.2) is 5.82 Å². The summed E-state index contributed by atoms with van der Waals surface area (Å²) in [7, 11) is 0. The Kier molecular flexibility index (Phi) is 5.68. The van der Waals surface area contributed by atoms with Crippen LogP contribution in [-0.2, 0) is 0 Å². The van der Waals surface area contributed by atoms with Crippen LogP contribution >= 0.6 is 27.7 Å². The van der Waals surface area contributed by atoms with Crippen LogP contribution in [0.2, 0.25) is 0 Å². The van der Waals surface area contributed by atoms with Crippen molar-refractivity contribution >= 4 is 39.4 Å². The van der Waals surface area contributed by atoms with E-state index in [1.807, 2.05) is 11.8 Å². The van der Waals surface area contributed by atoms with E-state index in [1.54, 1.807) is 12.3 Å². The number of nitrogen functional groups attached to an aromatic ring is 1. The number of carbonyl (C=O) groups excluding carboxylic acids is 1. The maximum absolute atomic E-state index is 12.4. The van der Waals surface area contributed by atoms with Gasteiger partial charge in [0, 0.05) is 22.0 Å². The first-order valence-corrected chi connectivity index (χ1v) is 8.68. The molecule has 1 aliphatic rings. The first kappa shape index (κ1) is 15.6. The number of nitrogens with zero attached hydrogens (tertiary/aromatic N) is 1. The molecule has 0 spiro atoms. The average molecular weight is 359 g/mol. The summed E-state index contributed by atoms with van der Waals surface area (Å²) in [6, 6.07) is 1.96. The van der Waals surface area contributed by atoms with E-state index in [2.05, 4.69) is 37.9 Å². The van der Waals surface area contributed by atoms with Crippen molar-refractivity contribution in [2.75, 3.05) is 11.7 Å². The highest BCUT2D eigenvalue weighted by atomic mass is 79.9. The molecule has 20 heavy (non-hydrogen) atoms. The molecule has 5 nitrogen and oxygen atoms in total. The fraction of sp³-hybridized carbons (Fsp3) is 0.538. The van der Waals surface area contributed by atoms with E-state index in [-0.39, 0.29) is 11.9 Å². The van der Waals surface area contributed by atoms with E-state index in [9.17, 15) is 4.79 Å². The molecule has 0 bridgehead atoms. The highest BCUT2D eigenvalue weighted by molar-refractivity contribution is 9.10. The number of aromatic nitrogens is 1. The molecule has 1 aromatic heterocycles. The highest BCUT2D eigenvalue weighted by Gasteiger charge is 2.24. The molecule has 1 amide bonds. The third-order valence-electron chi connectivity index (χ3n) is 3.53. The number of hydrogen-bond donors (Lipinski definition) is 3. The number of pyridine rings is 1. The zero-order chi connectivity index (χ0) is 14.5. The molecule has 2 atom stereocenters. The van der Waals surface area contributed by atoms with E-state index in [4.69, 9.17) is 5.84 Å². The number of nitrogens with two attached hydrogens (primary N) is 1. The minimum atomic E-state index is -0.126. The third kappa shape index (κ3) is 3.86. The van der Waals surface area contributed by atoms with Gasteiger partial charge in [-0.05, 0) is 47.5 Å². The number of carbonyl (C=O) groups is 1. The van der Waals surface area contributed by atoms with Crippen molar-refractivity contribution in [3.8, 4) is 0 Å².